The Labute approximate surface area is 293 Å². The van der Waals surface area contributed by atoms with Crippen LogP contribution in [0.1, 0.15) is 41.1 Å². The summed E-state index contributed by atoms with van der Waals surface area (Å²) in [6, 6.07) is 19.1. The molecule has 262 valence electrons. The van der Waals surface area contributed by atoms with Crippen LogP contribution in [0.2, 0.25) is 0 Å². The number of amides is 1. The molecule has 1 saturated heterocycles. The zero-order valence-corrected chi connectivity index (χ0v) is 29.6. The Hall–Kier alpha value is -4.15. The maximum atomic E-state index is 13.7. The van der Waals surface area contributed by atoms with Crippen LogP contribution in [0.15, 0.2) is 71.6 Å². The van der Waals surface area contributed by atoms with Crippen LogP contribution in [-0.4, -0.2) is 98.4 Å². The van der Waals surface area contributed by atoms with E-state index in [-0.39, 0.29) is 34.2 Å². The Morgan fingerprint density at radius 1 is 1.00 bits per heavy atom. The number of benzene rings is 3. The SMILES string of the molecule is CN(C)CCN(C)CCNC(=O)[C@@H]1CCCN1S(=O)(=O)c1ccc(NNC(=S)NC2Cc3ccccc3Cc3ccccc32)c([N+](=O)[O-])c1. The van der Waals surface area contributed by atoms with Crippen molar-refractivity contribution < 1.29 is 18.1 Å². The summed E-state index contributed by atoms with van der Waals surface area (Å²) >= 11 is 5.58. The van der Waals surface area contributed by atoms with Gasteiger partial charge in [0.2, 0.25) is 15.9 Å². The van der Waals surface area contributed by atoms with E-state index in [0.29, 0.717) is 32.4 Å². The quantitative estimate of drug-likeness (QED) is 0.118. The van der Waals surface area contributed by atoms with Crippen molar-refractivity contribution in [2.75, 3.05) is 59.3 Å². The molecule has 1 amide bonds. The number of carbonyl (C=O) groups is 1. The topological polar surface area (TPSA) is 152 Å². The molecule has 49 heavy (non-hydrogen) atoms. The van der Waals surface area contributed by atoms with E-state index < -0.39 is 26.7 Å². The predicted octanol–water partition coefficient (Wildman–Crippen LogP) is 3.04. The molecule has 0 aromatic heterocycles. The van der Waals surface area contributed by atoms with E-state index in [4.69, 9.17) is 12.2 Å². The van der Waals surface area contributed by atoms with Crippen LogP contribution in [0, 0.1) is 10.1 Å². The largest absolute Gasteiger partial charge is 0.354 e. The molecule has 1 aliphatic carbocycles. The van der Waals surface area contributed by atoms with Gasteiger partial charge in [-0.1, -0.05) is 48.5 Å². The number of thiocarbonyl (C=S) groups is 1. The van der Waals surface area contributed by atoms with Gasteiger partial charge in [-0.15, -0.1) is 0 Å². The minimum atomic E-state index is -4.21. The molecular weight excluding hydrogens is 665 g/mol. The maximum Gasteiger partial charge on any atom is 0.295 e. The third kappa shape index (κ3) is 8.91. The van der Waals surface area contributed by atoms with Crippen LogP contribution in [-0.2, 0) is 27.7 Å². The van der Waals surface area contributed by atoms with E-state index in [2.05, 4.69) is 55.6 Å². The van der Waals surface area contributed by atoms with Crippen LogP contribution < -0.4 is 21.5 Å². The summed E-state index contributed by atoms with van der Waals surface area (Å²) in [4.78, 5) is 28.4. The van der Waals surface area contributed by atoms with Crippen molar-refractivity contribution in [1.82, 2.24) is 30.2 Å². The molecule has 5 rings (SSSR count). The van der Waals surface area contributed by atoms with E-state index in [1.165, 1.54) is 28.8 Å². The van der Waals surface area contributed by atoms with Crippen LogP contribution in [0.25, 0.3) is 0 Å². The highest BCUT2D eigenvalue weighted by molar-refractivity contribution is 7.89. The second-order valence-corrected chi connectivity index (χ2v) is 15.0. The number of anilines is 1. The lowest BCUT2D eigenvalue weighted by atomic mass is 9.98. The van der Waals surface area contributed by atoms with Gasteiger partial charge in [-0.3, -0.25) is 25.8 Å². The fraction of sp³-hybridized carbons (Fsp3) is 0.412. The highest BCUT2D eigenvalue weighted by Crippen LogP contribution is 2.33. The van der Waals surface area contributed by atoms with Crippen LogP contribution in [0.4, 0.5) is 11.4 Å². The highest BCUT2D eigenvalue weighted by Gasteiger charge is 2.40. The molecule has 13 nitrogen and oxygen atoms in total. The summed E-state index contributed by atoms with van der Waals surface area (Å²) in [5, 5.41) is 18.5. The standard InChI is InChI=1S/C34H44N8O5S2/c1-39(2)19-20-40(3)18-16-35-33(43)31-13-8-17-41(31)49(46,47)27-14-15-29(32(23-27)42(44)45)37-38-34(48)36-30-22-25-10-5-4-9-24(25)21-26-11-6-7-12-28(26)30/h4-7,9-12,14-15,23,30-31,37H,8,13,16-22H2,1-3H3,(H,35,43)(H2,36,38,48)/t30?,31-/m0/s1. The fourth-order valence-corrected chi connectivity index (χ4v) is 8.14. The highest BCUT2D eigenvalue weighted by atomic mass is 32.2. The number of carbonyl (C=O) groups excluding carboxylic acids is 1. The van der Waals surface area contributed by atoms with E-state index in [1.807, 2.05) is 45.4 Å². The van der Waals surface area contributed by atoms with Gasteiger partial charge >= 0.3 is 0 Å². The van der Waals surface area contributed by atoms with E-state index in [9.17, 15) is 23.3 Å². The Balaban J connectivity index is 1.23. The van der Waals surface area contributed by atoms with Gasteiger partial charge in [0, 0.05) is 38.8 Å². The average Bonchev–Trinajstić information content (AvgIpc) is 3.53. The molecule has 1 aliphatic heterocycles. The number of fused-ring (bicyclic) bond motifs is 2. The van der Waals surface area contributed by atoms with Crippen molar-refractivity contribution in [1.29, 1.82) is 0 Å². The normalized spacial score (nSPS) is 17.6. The van der Waals surface area contributed by atoms with Gasteiger partial charge in [0.15, 0.2) is 5.11 Å². The molecule has 3 aromatic rings. The molecule has 0 bridgehead atoms. The van der Waals surface area contributed by atoms with Gasteiger partial charge in [-0.25, -0.2) is 8.42 Å². The van der Waals surface area contributed by atoms with E-state index >= 15 is 0 Å². The molecule has 1 unspecified atom stereocenters. The van der Waals surface area contributed by atoms with Gasteiger partial charge in [0.05, 0.1) is 15.9 Å². The van der Waals surface area contributed by atoms with Gasteiger partial charge < -0.3 is 20.4 Å². The number of nitro benzene ring substituents is 1. The summed E-state index contributed by atoms with van der Waals surface area (Å²) in [7, 11) is 1.74. The lowest BCUT2D eigenvalue weighted by Crippen LogP contribution is -2.47. The molecule has 4 N–H and O–H groups in total. The summed E-state index contributed by atoms with van der Waals surface area (Å²) in [6.45, 7) is 2.85. The third-order valence-corrected chi connectivity index (χ3v) is 11.1. The molecule has 1 heterocycles. The smallest absolute Gasteiger partial charge is 0.295 e. The summed E-state index contributed by atoms with van der Waals surface area (Å²) in [5.74, 6) is -0.375. The minimum Gasteiger partial charge on any atom is -0.354 e. The molecular formula is C34H44N8O5S2. The minimum absolute atomic E-state index is 0.0359. The number of sulfonamides is 1. The van der Waals surface area contributed by atoms with Crippen molar-refractivity contribution in [2.45, 2.75) is 42.7 Å². The van der Waals surface area contributed by atoms with Crippen molar-refractivity contribution in [3.05, 3.63) is 99.1 Å². The maximum absolute atomic E-state index is 13.7. The molecule has 15 heteroatoms. The molecule has 0 saturated carbocycles. The lowest BCUT2D eigenvalue weighted by Gasteiger charge is -2.24. The van der Waals surface area contributed by atoms with E-state index in [0.717, 1.165) is 35.4 Å². The van der Waals surface area contributed by atoms with Crippen molar-refractivity contribution in [3.8, 4) is 0 Å². The Kier molecular flexibility index (Phi) is 11.8. The number of nitrogens with one attached hydrogen (secondary N) is 4. The van der Waals surface area contributed by atoms with E-state index in [1.54, 1.807) is 0 Å². The monoisotopic (exact) mass is 708 g/mol. The number of nitro groups is 1. The van der Waals surface area contributed by atoms with Gasteiger partial charge in [-0.05, 0) is 93.4 Å². The second kappa shape index (κ2) is 16.0. The first-order valence-corrected chi connectivity index (χ1v) is 18.2. The van der Waals surface area contributed by atoms with Crippen LogP contribution in [0.5, 0.6) is 0 Å². The Morgan fingerprint density at radius 2 is 1.71 bits per heavy atom. The number of nitrogens with zero attached hydrogens (tertiary/aromatic N) is 4. The first-order chi connectivity index (χ1) is 23.4. The number of hydrogen-bond donors (Lipinski definition) is 4. The van der Waals surface area contributed by atoms with Crippen LogP contribution >= 0.6 is 12.2 Å². The van der Waals surface area contributed by atoms with Gasteiger partial charge in [-0.2, -0.15) is 4.31 Å². The van der Waals surface area contributed by atoms with Crippen molar-refractivity contribution >= 4 is 44.6 Å². The first-order valence-electron chi connectivity index (χ1n) is 16.3. The molecule has 3 aromatic carbocycles. The van der Waals surface area contributed by atoms with Crippen molar-refractivity contribution in [3.63, 3.8) is 0 Å². The molecule has 2 atom stereocenters. The second-order valence-electron chi connectivity index (χ2n) is 12.7. The molecule has 0 spiro atoms. The Morgan fingerprint density at radius 3 is 2.45 bits per heavy atom. The number of rotatable bonds is 13. The Bertz CT molecular complexity index is 1790. The van der Waals surface area contributed by atoms with Crippen LogP contribution in [0.3, 0.4) is 0 Å². The van der Waals surface area contributed by atoms with Gasteiger partial charge in [0.25, 0.3) is 5.69 Å². The summed E-state index contributed by atoms with van der Waals surface area (Å²) in [5.41, 5.74) is 9.98. The number of hydrogen-bond acceptors (Lipinski definition) is 9. The lowest BCUT2D eigenvalue weighted by molar-refractivity contribution is -0.384. The van der Waals surface area contributed by atoms with Crippen molar-refractivity contribution in [2.24, 2.45) is 0 Å². The fourth-order valence-electron chi connectivity index (χ4n) is 6.27. The number of likely N-dealkylation sites (N-methyl/N-ethyl adjacent to an activating group) is 2. The predicted molar refractivity (Wildman–Crippen MR) is 194 cm³/mol. The summed E-state index contributed by atoms with van der Waals surface area (Å²) in [6.07, 6.45) is 2.38. The molecule has 0 radical (unpaired) electrons. The molecule has 2 aliphatic rings. The zero-order valence-electron chi connectivity index (χ0n) is 28.0. The zero-order chi connectivity index (χ0) is 35.1. The van der Waals surface area contributed by atoms with Gasteiger partial charge in [0.1, 0.15) is 11.7 Å². The number of hydrazine groups is 1. The molecule has 1 fully saturated rings. The average molecular weight is 709 g/mol. The first kappa shape index (κ1) is 36.1. The third-order valence-electron chi connectivity index (χ3n) is 8.97. The summed E-state index contributed by atoms with van der Waals surface area (Å²) < 4.78 is 28.6.